The van der Waals surface area contributed by atoms with Gasteiger partial charge in [-0.2, -0.15) is 11.3 Å². The topological polar surface area (TPSA) is 17.1 Å². The molecule has 1 aliphatic rings. The normalized spacial score (nSPS) is 12.3. The van der Waals surface area contributed by atoms with Crippen LogP contribution in [0, 0.1) is 0 Å². The average Bonchev–Trinajstić information content (AvgIpc) is 3.08. The minimum atomic E-state index is 0.146. The van der Waals surface area contributed by atoms with E-state index in [1.807, 2.05) is 47.8 Å². The van der Waals surface area contributed by atoms with Gasteiger partial charge in [0.1, 0.15) is 0 Å². The van der Waals surface area contributed by atoms with Gasteiger partial charge in [0.05, 0.1) is 0 Å². The van der Waals surface area contributed by atoms with E-state index in [1.54, 1.807) is 11.3 Å². The molecule has 0 N–H and O–H groups in total. The molecule has 0 saturated carbocycles. The van der Waals surface area contributed by atoms with Gasteiger partial charge < -0.3 is 0 Å². The first kappa shape index (κ1) is 10.7. The highest BCUT2D eigenvalue weighted by Gasteiger charge is 2.28. The summed E-state index contributed by atoms with van der Waals surface area (Å²) in [5, 5.41) is 4.13. The number of carbonyl (C=O) groups excluding carboxylic acids is 1. The van der Waals surface area contributed by atoms with Gasteiger partial charge in [-0.1, -0.05) is 42.5 Å². The monoisotopic (exact) mass is 262 g/mol. The number of hydrogen-bond acceptors (Lipinski definition) is 2. The molecule has 19 heavy (non-hydrogen) atoms. The Hall–Kier alpha value is -2.19. The Morgan fingerprint density at radius 2 is 1.47 bits per heavy atom. The first-order valence-electron chi connectivity index (χ1n) is 6.16. The molecule has 1 heterocycles. The second kappa shape index (κ2) is 3.90. The third-order valence-electron chi connectivity index (χ3n) is 3.59. The van der Waals surface area contributed by atoms with E-state index in [2.05, 4.69) is 11.4 Å². The van der Waals surface area contributed by atoms with Crippen molar-refractivity contribution < 1.29 is 4.79 Å². The highest BCUT2D eigenvalue weighted by Crippen LogP contribution is 2.41. The number of carbonyl (C=O) groups is 1. The van der Waals surface area contributed by atoms with Gasteiger partial charge in [0, 0.05) is 11.1 Å². The summed E-state index contributed by atoms with van der Waals surface area (Å²) in [6.07, 6.45) is 0. The fourth-order valence-electron chi connectivity index (χ4n) is 2.73. The molecule has 0 atom stereocenters. The Balaban J connectivity index is 2.05. The molecule has 1 aromatic heterocycles. The van der Waals surface area contributed by atoms with E-state index in [4.69, 9.17) is 0 Å². The number of ketones is 1. The van der Waals surface area contributed by atoms with Crippen LogP contribution in [0.3, 0.4) is 0 Å². The molecular weight excluding hydrogens is 252 g/mol. The lowest BCUT2D eigenvalue weighted by Crippen LogP contribution is -1.97. The highest BCUT2D eigenvalue weighted by molar-refractivity contribution is 7.08. The van der Waals surface area contributed by atoms with Crippen molar-refractivity contribution in [1.29, 1.82) is 0 Å². The van der Waals surface area contributed by atoms with E-state index in [9.17, 15) is 4.79 Å². The molecule has 0 fully saturated rings. The molecule has 0 spiro atoms. The predicted molar refractivity (Wildman–Crippen MR) is 78.6 cm³/mol. The molecular formula is C17H10OS. The van der Waals surface area contributed by atoms with Gasteiger partial charge in [0.2, 0.25) is 0 Å². The van der Waals surface area contributed by atoms with Crippen molar-refractivity contribution in [3.05, 3.63) is 70.4 Å². The Morgan fingerprint density at radius 3 is 2.26 bits per heavy atom. The quantitative estimate of drug-likeness (QED) is 0.489. The largest absolute Gasteiger partial charge is 0.289 e. The van der Waals surface area contributed by atoms with Crippen LogP contribution < -0.4 is 0 Å². The summed E-state index contributed by atoms with van der Waals surface area (Å²) in [5.74, 6) is 0.146. The van der Waals surface area contributed by atoms with E-state index in [-0.39, 0.29) is 5.78 Å². The van der Waals surface area contributed by atoms with Crippen LogP contribution in [-0.4, -0.2) is 5.78 Å². The fourth-order valence-corrected chi connectivity index (χ4v) is 3.39. The van der Waals surface area contributed by atoms with E-state index < -0.39 is 0 Å². The van der Waals surface area contributed by atoms with Crippen LogP contribution in [0.1, 0.15) is 15.9 Å². The van der Waals surface area contributed by atoms with Gasteiger partial charge in [-0.15, -0.1) is 0 Å². The number of rotatable bonds is 1. The summed E-state index contributed by atoms with van der Waals surface area (Å²) in [4.78, 5) is 12.6. The summed E-state index contributed by atoms with van der Waals surface area (Å²) in [6, 6.07) is 16.0. The number of thiophene rings is 1. The maximum Gasteiger partial charge on any atom is 0.194 e. The van der Waals surface area contributed by atoms with Crippen molar-refractivity contribution in [2.24, 2.45) is 0 Å². The van der Waals surface area contributed by atoms with Gasteiger partial charge in [0.25, 0.3) is 0 Å². The lowest BCUT2D eigenvalue weighted by Gasteiger charge is -2.05. The Kier molecular flexibility index (Phi) is 2.20. The molecule has 0 saturated heterocycles. The first-order chi connectivity index (χ1) is 9.36. The number of hydrogen-bond donors (Lipinski definition) is 0. The maximum atomic E-state index is 12.6. The van der Waals surface area contributed by atoms with Crippen LogP contribution in [0.4, 0.5) is 0 Å². The maximum absolute atomic E-state index is 12.6. The predicted octanol–water partition coefficient (Wildman–Crippen LogP) is 4.63. The summed E-state index contributed by atoms with van der Waals surface area (Å²) in [6.45, 7) is 0. The van der Waals surface area contributed by atoms with Crippen molar-refractivity contribution in [3.8, 4) is 22.3 Å². The van der Waals surface area contributed by atoms with Crippen LogP contribution in [0.5, 0.6) is 0 Å². The molecule has 1 nitrogen and oxygen atoms in total. The van der Waals surface area contributed by atoms with Gasteiger partial charge in [-0.05, 0) is 39.1 Å². The molecule has 1 aliphatic carbocycles. The lowest BCUT2D eigenvalue weighted by molar-refractivity contribution is 0.104. The average molecular weight is 262 g/mol. The van der Waals surface area contributed by atoms with Crippen molar-refractivity contribution in [3.63, 3.8) is 0 Å². The van der Waals surface area contributed by atoms with Crippen LogP contribution in [0.25, 0.3) is 22.3 Å². The SMILES string of the molecule is O=C1c2ccccc2-c2cccc(-c3ccsc3)c21. The molecule has 90 valence electrons. The number of fused-ring (bicyclic) bond motifs is 3. The molecule has 0 amide bonds. The molecule has 2 aromatic carbocycles. The van der Waals surface area contributed by atoms with E-state index >= 15 is 0 Å². The van der Waals surface area contributed by atoms with Crippen LogP contribution in [0.2, 0.25) is 0 Å². The van der Waals surface area contributed by atoms with Gasteiger partial charge >= 0.3 is 0 Å². The third-order valence-corrected chi connectivity index (χ3v) is 4.27. The molecule has 3 aromatic rings. The lowest BCUT2D eigenvalue weighted by atomic mass is 9.97. The van der Waals surface area contributed by atoms with E-state index in [0.29, 0.717) is 0 Å². The van der Waals surface area contributed by atoms with E-state index in [0.717, 1.165) is 33.4 Å². The Labute approximate surface area is 115 Å². The van der Waals surface area contributed by atoms with Crippen molar-refractivity contribution in [2.75, 3.05) is 0 Å². The molecule has 0 aliphatic heterocycles. The standard InChI is InChI=1S/C17H10OS/c18-17-15-5-2-1-4-13(15)14-7-3-6-12(16(14)17)11-8-9-19-10-11/h1-10H. The summed E-state index contributed by atoms with van der Waals surface area (Å²) >= 11 is 1.65. The molecule has 0 radical (unpaired) electrons. The van der Waals surface area contributed by atoms with Crippen molar-refractivity contribution in [2.45, 2.75) is 0 Å². The third kappa shape index (κ3) is 1.44. The summed E-state index contributed by atoms with van der Waals surface area (Å²) in [7, 11) is 0. The van der Waals surface area contributed by atoms with Gasteiger partial charge in [-0.3, -0.25) is 4.79 Å². The second-order valence-corrected chi connectivity index (χ2v) is 5.39. The summed E-state index contributed by atoms with van der Waals surface area (Å²) in [5.41, 5.74) is 5.95. The zero-order chi connectivity index (χ0) is 12.8. The molecule has 0 unspecified atom stereocenters. The minimum absolute atomic E-state index is 0.146. The number of benzene rings is 2. The molecule has 2 heteroatoms. The van der Waals surface area contributed by atoms with Gasteiger partial charge in [-0.25, -0.2) is 0 Å². The Morgan fingerprint density at radius 1 is 0.737 bits per heavy atom. The zero-order valence-corrected chi connectivity index (χ0v) is 10.9. The van der Waals surface area contributed by atoms with Crippen molar-refractivity contribution >= 4 is 17.1 Å². The fraction of sp³-hybridized carbons (Fsp3) is 0. The zero-order valence-electron chi connectivity index (χ0n) is 10.1. The van der Waals surface area contributed by atoms with Crippen LogP contribution in [0.15, 0.2) is 59.3 Å². The van der Waals surface area contributed by atoms with Crippen LogP contribution in [-0.2, 0) is 0 Å². The highest BCUT2D eigenvalue weighted by atomic mass is 32.1. The van der Waals surface area contributed by atoms with Gasteiger partial charge in [0.15, 0.2) is 5.78 Å². The molecule has 0 bridgehead atoms. The second-order valence-electron chi connectivity index (χ2n) is 4.61. The van der Waals surface area contributed by atoms with Crippen molar-refractivity contribution in [1.82, 2.24) is 0 Å². The summed E-state index contributed by atoms with van der Waals surface area (Å²) < 4.78 is 0. The van der Waals surface area contributed by atoms with Crippen LogP contribution >= 0.6 is 11.3 Å². The van der Waals surface area contributed by atoms with E-state index in [1.165, 1.54) is 0 Å². The first-order valence-corrected chi connectivity index (χ1v) is 7.10. The molecule has 4 rings (SSSR count). The Bertz CT molecular complexity index is 785. The minimum Gasteiger partial charge on any atom is -0.289 e. The smallest absolute Gasteiger partial charge is 0.194 e.